The molecule has 0 aromatic heterocycles. The first-order chi connectivity index (χ1) is 10.1. The van der Waals surface area contributed by atoms with Gasteiger partial charge in [0.1, 0.15) is 0 Å². The molecule has 0 amide bonds. The highest BCUT2D eigenvalue weighted by Crippen LogP contribution is 2.14. The van der Waals surface area contributed by atoms with Crippen molar-refractivity contribution < 1.29 is 9.90 Å². The summed E-state index contributed by atoms with van der Waals surface area (Å²) < 4.78 is 0. The zero-order chi connectivity index (χ0) is 15.2. The maximum absolute atomic E-state index is 10.8. The Labute approximate surface area is 123 Å². The summed E-state index contributed by atoms with van der Waals surface area (Å²) in [4.78, 5) is 10.8. The Morgan fingerprint density at radius 3 is 2.33 bits per heavy atom. The summed E-state index contributed by atoms with van der Waals surface area (Å²) in [6, 6.07) is 16.5. The van der Waals surface area contributed by atoms with Crippen molar-refractivity contribution in [1.29, 1.82) is 5.26 Å². The zero-order valence-electron chi connectivity index (χ0n) is 11.7. The van der Waals surface area contributed by atoms with Crippen LogP contribution in [0.25, 0.3) is 0 Å². The van der Waals surface area contributed by atoms with Gasteiger partial charge in [-0.25, -0.2) is 4.79 Å². The molecule has 0 spiro atoms. The Morgan fingerprint density at radius 1 is 1.19 bits per heavy atom. The minimum Gasteiger partial charge on any atom is -0.478 e. The molecule has 1 atom stereocenters. The summed E-state index contributed by atoms with van der Waals surface area (Å²) in [6.07, 6.45) is 0. The molecule has 0 bridgehead atoms. The molecule has 0 aliphatic carbocycles. The van der Waals surface area contributed by atoms with Crippen LogP contribution in [0, 0.1) is 11.3 Å². The number of carbonyl (C=O) groups is 1. The Morgan fingerprint density at radius 2 is 1.81 bits per heavy atom. The third kappa shape index (κ3) is 3.91. The van der Waals surface area contributed by atoms with E-state index in [2.05, 4.69) is 11.4 Å². The molecule has 0 radical (unpaired) electrons. The number of nitriles is 1. The van der Waals surface area contributed by atoms with E-state index in [0.29, 0.717) is 17.7 Å². The van der Waals surface area contributed by atoms with Crippen LogP contribution in [0.4, 0.5) is 0 Å². The van der Waals surface area contributed by atoms with Gasteiger partial charge in [-0.3, -0.25) is 0 Å². The fourth-order valence-corrected chi connectivity index (χ4v) is 2.00. The molecular weight excluding hydrogens is 264 g/mol. The quantitative estimate of drug-likeness (QED) is 0.882. The molecule has 1 unspecified atom stereocenters. The van der Waals surface area contributed by atoms with Gasteiger partial charge in [0.05, 0.1) is 17.2 Å². The van der Waals surface area contributed by atoms with Gasteiger partial charge in [-0.05, 0) is 42.3 Å². The average molecular weight is 280 g/mol. The Bertz CT molecular complexity index is 655. The van der Waals surface area contributed by atoms with Gasteiger partial charge in [0, 0.05) is 12.6 Å². The first-order valence-electron chi connectivity index (χ1n) is 6.66. The van der Waals surface area contributed by atoms with Gasteiger partial charge in [-0.1, -0.05) is 24.3 Å². The monoisotopic (exact) mass is 280 g/mol. The fraction of sp³-hybridized carbons (Fsp3) is 0.176. The lowest BCUT2D eigenvalue weighted by molar-refractivity contribution is 0.0697. The van der Waals surface area contributed by atoms with Crippen molar-refractivity contribution in [3.63, 3.8) is 0 Å². The maximum Gasteiger partial charge on any atom is 0.335 e. The lowest BCUT2D eigenvalue weighted by atomic mass is 10.1. The first kappa shape index (κ1) is 14.8. The Hall–Kier alpha value is -2.64. The van der Waals surface area contributed by atoms with Crippen molar-refractivity contribution in [3.05, 3.63) is 70.8 Å². The van der Waals surface area contributed by atoms with E-state index in [9.17, 15) is 4.79 Å². The van der Waals surface area contributed by atoms with E-state index in [1.54, 1.807) is 24.3 Å². The van der Waals surface area contributed by atoms with E-state index in [0.717, 1.165) is 11.1 Å². The second kappa shape index (κ2) is 6.69. The highest BCUT2D eigenvalue weighted by molar-refractivity contribution is 5.87. The predicted octanol–water partition coefficient (Wildman–Crippen LogP) is 3.11. The summed E-state index contributed by atoms with van der Waals surface area (Å²) in [5.41, 5.74) is 3.07. The van der Waals surface area contributed by atoms with Crippen LogP contribution < -0.4 is 5.32 Å². The Kier molecular flexibility index (Phi) is 4.70. The van der Waals surface area contributed by atoms with Crippen LogP contribution in [-0.2, 0) is 6.54 Å². The van der Waals surface area contributed by atoms with Crippen molar-refractivity contribution in [2.45, 2.75) is 19.5 Å². The number of rotatable bonds is 5. The molecule has 4 heteroatoms. The van der Waals surface area contributed by atoms with Crippen LogP contribution in [0.3, 0.4) is 0 Å². The highest BCUT2D eigenvalue weighted by Gasteiger charge is 2.06. The summed E-state index contributed by atoms with van der Waals surface area (Å²) in [6.45, 7) is 2.70. The second-order valence-corrected chi connectivity index (χ2v) is 4.84. The summed E-state index contributed by atoms with van der Waals surface area (Å²) in [5.74, 6) is -0.916. The summed E-state index contributed by atoms with van der Waals surface area (Å²) >= 11 is 0. The molecule has 2 aromatic carbocycles. The van der Waals surface area contributed by atoms with Crippen LogP contribution in [0.15, 0.2) is 48.5 Å². The lowest BCUT2D eigenvalue weighted by Crippen LogP contribution is -2.18. The van der Waals surface area contributed by atoms with Crippen LogP contribution in [0.5, 0.6) is 0 Å². The smallest absolute Gasteiger partial charge is 0.335 e. The highest BCUT2D eigenvalue weighted by atomic mass is 16.4. The molecule has 4 nitrogen and oxygen atoms in total. The van der Waals surface area contributed by atoms with Gasteiger partial charge in [0.2, 0.25) is 0 Å². The SMILES string of the molecule is CC(NCc1ccc(C(=O)O)cc1)c1ccc(C#N)cc1. The molecule has 2 rings (SSSR count). The first-order valence-corrected chi connectivity index (χ1v) is 6.66. The molecule has 2 N–H and O–H groups in total. The van der Waals surface area contributed by atoms with Gasteiger partial charge >= 0.3 is 5.97 Å². The van der Waals surface area contributed by atoms with Crippen molar-refractivity contribution >= 4 is 5.97 Å². The number of nitrogens with zero attached hydrogens (tertiary/aromatic N) is 1. The largest absolute Gasteiger partial charge is 0.478 e. The van der Waals surface area contributed by atoms with Crippen LogP contribution in [0.1, 0.15) is 40.0 Å². The van der Waals surface area contributed by atoms with Crippen molar-refractivity contribution in [2.75, 3.05) is 0 Å². The van der Waals surface area contributed by atoms with E-state index in [1.807, 2.05) is 31.2 Å². The molecule has 0 aliphatic heterocycles. The number of benzene rings is 2. The number of hydrogen-bond acceptors (Lipinski definition) is 3. The average Bonchev–Trinajstić information content (AvgIpc) is 2.53. The maximum atomic E-state index is 10.8. The number of aromatic carboxylic acids is 1. The van der Waals surface area contributed by atoms with Crippen LogP contribution in [0.2, 0.25) is 0 Å². The van der Waals surface area contributed by atoms with Gasteiger partial charge in [-0.15, -0.1) is 0 Å². The van der Waals surface area contributed by atoms with Gasteiger partial charge in [0.25, 0.3) is 0 Å². The van der Waals surface area contributed by atoms with Crippen molar-refractivity contribution in [2.24, 2.45) is 0 Å². The van der Waals surface area contributed by atoms with Gasteiger partial charge in [-0.2, -0.15) is 5.26 Å². The molecule has 21 heavy (non-hydrogen) atoms. The standard InChI is InChI=1S/C17H16N2O2/c1-12(15-6-2-13(10-18)3-7-15)19-11-14-4-8-16(9-5-14)17(20)21/h2-9,12,19H,11H2,1H3,(H,20,21). The topological polar surface area (TPSA) is 73.1 Å². The summed E-state index contributed by atoms with van der Waals surface area (Å²) in [7, 11) is 0. The Balaban J connectivity index is 1.95. The van der Waals surface area contributed by atoms with Crippen molar-refractivity contribution in [1.82, 2.24) is 5.32 Å². The molecule has 0 fully saturated rings. The zero-order valence-corrected chi connectivity index (χ0v) is 11.7. The van der Waals surface area contributed by atoms with Crippen LogP contribution in [-0.4, -0.2) is 11.1 Å². The van der Waals surface area contributed by atoms with E-state index >= 15 is 0 Å². The van der Waals surface area contributed by atoms with Gasteiger partial charge in [0.15, 0.2) is 0 Å². The van der Waals surface area contributed by atoms with Crippen LogP contribution >= 0.6 is 0 Å². The predicted molar refractivity (Wildman–Crippen MR) is 79.8 cm³/mol. The van der Waals surface area contributed by atoms with E-state index in [1.165, 1.54) is 0 Å². The fourth-order valence-electron chi connectivity index (χ4n) is 2.00. The molecule has 0 aliphatic rings. The molecule has 0 saturated carbocycles. The van der Waals surface area contributed by atoms with E-state index in [-0.39, 0.29) is 6.04 Å². The number of carboxylic acids is 1. The number of nitrogens with one attached hydrogen (secondary N) is 1. The number of carboxylic acid groups (broad SMARTS) is 1. The molecule has 0 heterocycles. The molecular formula is C17H16N2O2. The third-order valence-corrected chi connectivity index (χ3v) is 3.35. The van der Waals surface area contributed by atoms with E-state index in [4.69, 9.17) is 10.4 Å². The second-order valence-electron chi connectivity index (χ2n) is 4.84. The molecule has 0 saturated heterocycles. The number of hydrogen-bond donors (Lipinski definition) is 2. The minimum absolute atomic E-state index is 0.150. The van der Waals surface area contributed by atoms with Crippen molar-refractivity contribution in [3.8, 4) is 6.07 Å². The molecule has 2 aromatic rings. The third-order valence-electron chi connectivity index (χ3n) is 3.35. The minimum atomic E-state index is -0.916. The van der Waals surface area contributed by atoms with E-state index < -0.39 is 5.97 Å². The van der Waals surface area contributed by atoms with Gasteiger partial charge < -0.3 is 10.4 Å². The lowest BCUT2D eigenvalue weighted by Gasteiger charge is -2.14. The molecule has 106 valence electrons. The normalized spacial score (nSPS) is 11.6. The summed E-state index contributed by atoms with van der Waals surface area (Å²) in [5, 5.41) is 21.0.